The van der Waals surface area contributed by atoms with Gasteiger partial charge in [0, 0.05) is 5.02 Å². The van der Waals surface area contributed by atoms with E-state index >= 15 is 0 Å². The Morgan fingerprint density at radius 1 is 1.31 bits per heavy atom. The molecule has 4 heteroatoms. The van der Waals surface area contributed by atoms with Gasteiger partial charge in [-0.15, -0.1) is 0 Å². The molecule has 16 heavy (non-hydrogen) atoms. The fourth-order valence-electron chi connectivity index (χ4n) is 1.52. The second-order valence-corrected chi connectivity index (χ2v) is 4.82. The third-order valence-electron chi connectivity index (χ3n) is 2.44. The fourth-order valence-corrected chi connectivity index (χ4v) is 1.96. The summed E-state index contributed by atoms with van der Waals surface area (Å²) in [5, 5.41) is 0.747. The highest BCUT2D eigenvalue weighted by Crippen LogP contribution is 2.26. The molecule has 1 heterocycles. The van der Waals surface area contributed by atoms with Crippen molar-refractivity contribution in [1.29, 1.82) is 0 Å². The van der Waals surface area contributed by atoms with Gasteiger partial charge < -0.3 is 10.2 Å². The van der Waals surface area contributed by atoms with Gasteiger partial charge in [-0.1, -0.05) is 23.7 Å². The second kappa shape index (κ2) is 4.62. The van der Waals surface area contributed by atoms with Crippen LogP contribution in [0.15, 0.2) is 39.4 Å². The van der Waals surface area contributed by atoms with Crippen LogP contribution in [-0.2, 0) is 0 Å². The van der Waals surface area contributed by atoms with E-state index in [1.165, 1.54) is 0 Å². The van der Waals surface area contributed by atoms with Crippen LogP contribution in [0.1, 0.15) is 22.9 Å². The Kier molecular flexibility index (Phi) is 3.38. The lowest BCUT2D eigenvalue weighted by Gasteiger charge is -2.10. The molecule has 1 aromatic heterocycles. The lowest BCUT2D eigenvalue weighted by atomic mass is 10.0. The zero-order chi connectivity index (χ0) is 11.7. The van der Waals surface area contributed by atoms with Crippen LogP contribution in [0.2, 0.25) is 5.02 Å². The zero-order valence-electron chi connectivity index (χ0n) is 8.71. The highest BCUT2D eigenvalue weighted by molar-refractivity contribution is 9.10. The molecule has 0 radical (unpaired) electrons. The molecular formula is C12H11BrClNO. The monoisotopic (exact) mass is 299 g/mol. The molecule has 0 spiro atoms. The number of hydrogen-bond acceptors (Lipinski definition) is 2. The maximum absolute atomic E-state index is 6.09. The average molecular weight is 301 g/mol. The zero-order valence-corrected chi connectivity index (χ0v) is 11.0. The highest BCUT2D eigenvalue weighted by Gasteiger charge is 2.13. The van der Waals surface area contributed by atoms with Gasteiger partial charge in [0.15, 0.2) is 4.67 Å². The van der Waals surface area contributed by atoms with Crippen molar-refractivity contribution in [1.82, 2.24) is 0 Å². The molecule has 0 aliphatic heterocycles. The topological polar surface area (TPSA) is 39.2 Å². The molecule has 0 saturated carbocycles. The van der Waals surface area contributed by atoms with E-state index in [1.54, 1.807) is 0 Å². The summed E-state index contributed by atoms with van der Waals surface area (Å²) in [4.78, 5) is 0. The van der Waals surface area contributed by atoms with Crippen LogP contribution in [0.4, 0.5) is 0 Å². The Bertz CT molecular complexity index is 509. The quantitative estimate of drug-likeness (QED) is 0.908. The first-order valence-electron chi connectivity index (χ1n) is 4.85. The summed E-state index contributed by atoms with van der Waals surface area (Å²) >= 11 is 9.22. The molecule has 1 aromatic carbocycles. The van der Waals surface area contributed by atoms with Crippen molar-refractivity contribution >= 4 is 27.5 Å². The lowest BCUT2D eigenvalue weighted by Crippen LogP contribution is -2.10. The van der Waals surface area contributed by atoms with Crippen molar-refractivity contribution in [2.75, 3.05) is 0 Å². The summed E-state index contributed by atoms with van der Waals surface area (Å²) in [6.45, 7) is 1.95. The maximum Gasteiger partial charge on any atom is 0.169 e. The second-order valence-electron chi connectivity index (χ2n) is 3.63. The van der Waals surface area contributed by atoms with Gasteiger partial charge in [0.05, 0.1) is 6.04 Å². The van der Waals surface area contributed by atoms with E-state index in [0.717, 1.165) is 21.9 Å². The number of nitrogens with two attached hydrogens (primary N) is 1. The highest BCUT2D eigenvalue weighted by atomic mass is 79.9. The molecule has 0 fully saturated rings. The maximum atomic E-state index is 6.09. The van der Waals surface area contributed by atoms with Crippen LogP contribution in [0, 0.1) is 6.92 Å². The van der Waals surface area contributed by atoms with E-state index < -0.39 is 0 Å². The largest absolute Gasteiger partial charge is 0.452 e. The summed E-state index contributed by atoms with van der Waals surface area (Å²) in [7, 11) is 0. The Balaban J connectivity index is 2.33. The van der Waals surface area contributed by atoms with E-state index in [2.05, 4.69) is 15.9 Å². The Morgan fingerprint density at radius 2 is 2.06 bits per heavy atom. The van der Waals surface area contributed by atoms with Crippen LogP contribution >= 0.6 is 27.5 Å². The Labute approximate surface area is 108 Å². The van der Waals surface area contributed by atoms with Crippen LogP contribution < -0.4 is 5.73 Å². The predicted octanol–water partition coefficient (Wildman–Crippen LogP) is 4.05. The molecule has 1 atom stereocenters. The summed E-state index contributed by atoms with van der Waals surface area (Å²) in [6.07, 6.45) is 0. The first-order valence-corrected chi connectivity index (χ1v) is 6.02. The van der Waals surface area contributed by atoms with Crippen molar-refractivity contribution in [3.05, 3.63) is 56.9 Å². The van der Waals surface area contributed by atoms with Crippen molar-refractivity contribution in [3.8, 4) is 0 Å². The van der Waals surface area contributed by atoms with Crippen LogP contribution in [0.5, 0.6) is 0 Å². The van der Waals surface area contributed by atoms with Crippen molar-refractivity contribution in [2.24, 2.45) is 5.73 Å². The molecule has 84 valence electrons. The Hall–Kier alpha value is -0.770. The Morgan fingerprint density at radius 3 is 2.62 bits per heavy atom. The first kappa shape index (κ1) is 11.7. The molecule has 0 aliphatic carbocycles. The number of hydrogen-bond donors (Lipinski definition) is 1. The molecule has 2 nitrogen and oxygen atoms in total. The molecule has 0 aliphatic rings. The van der Waals surface area contributed by atoms with E-state index in [1.807, 2.05) is 37.3 Å². The molecule has 0 saturated heterocycles. The minimum Gasteiger partial charge on any atom is -0.452 e. The van der Waals surface area contributed by atoms with Crippen molar-refractivity contribution < 1.29 is 4.42 Å². The predicted molar refractivity (Wildman–Crippen MR) is 68.6 cm³/mol. The SMILES string of the molecule is Cc1cc(C(N)c2ccc(Br)o2)ccc1Cl. The third kappa shape index (κ3) is 2.32. The first-order chi connectivity index (χ1) is 7.58. The number of rotatable bonds is 2. The normalized spacial score (nSPS) is 12.8. The molecule has 0 bridgehead atoms. The van der Waals surface area contributed by atoms with Crippen molar-refractivity contribution in [3.63, 3.8) is 0 Å². The van der Waals surface area contributed by atoms with Gasteiger partial charge >= 0.3 is 0 Å². The lowest BCUT2D eigenvalue weighted by molar-refractivity contribution is 0.470. The van der Waals surface area contributed by atoms with Crippen LogP contribution in [0.3, 0.4) is 0 Å². The third-order valence-corrected chi connectivity index (χ3v) is 3.29. The van der Waals surface area contributed by atoms with E-state index in [0.29, 0.717) is 4.67 Å². The minimum atomic E-state index is -0.262. The molecule has 1 unspecified atom stereocenters. The standard InChI is InChI=1S/C12H11BrClNO/c1-7-6-8(2-3-9(7)14)12(15)10-4-5-11(13)16-10/h2-6,12H,15H2,1H3. The van der Waals surface area contributed by atoms with Gasteiger partial charge in [-0.05, 0) is 52.2 Å². The van der Waals surface area contributed by atoms with Gasteiger partial charge in [-0.3, -0.25) is 0 Å². The summed E-state index contributed by atoms with van der Waals surface area (Å²) in [5.74, 6) is 0.730. The molecule has 2 rings (SSSR count). The average Bonchev–Trinajstić information content (AvgIpc) is 2.68. The number of furan rings is 1. The summed E-state index contributed by atoms with van der Waals surface area (Å²) in [6, 6.07) is 9.17. The van der Waals surface area contributed by atoms with Gasteiger partial charge in [0.25, 0.3) is 0 Å². The number of halogens is 2. The van der Waals surface area contributed by atoms with Crippen LogP contribution in [-0.4, -0.2) is 0 Å². The van der Waals surface area contributed by atoms with Gasteiger partial charge in [0.2, 0.25) is 0 Å². The number of benzene rings is 1. The molecule has 0 amide bonds. The fraction of sp³-hybridized carbons (Fsp3) is 0.167. The summed E-state index contributed by atoms with van der Waals surface area (Å²) < 4.78 is 6.11. The van der Waals surface area contributed by atoms with E-state index in [-0.39, 0.29) is 6.04 Å². The smallest absolute Gasteiger partial charge is 0.169 e. The van der Waals surface area contributed by atoms with Gasteiger partial charge in [-0.2, -0.15) is 0 Å². The van der Waals surface area contributed by atoms with Gasteiger partial charge in [-0.25, -0.2) is 0 Å². The minimum absolute atomic E-state index is 0.262. The number of aryl methyl sites for hydroxylation is 1. The van der Waals surface area contributed by atoms with E-state index in [9.17, 15) is 0 Å². The summed E-state index contributed by atoms with van der Waals surface area (Å²) in [5.41, 5.74) is 8.09. The van der Waals surface area contributed by atoms with E-state index in [4.69, 9.17) is 21.8 Å². The van der Waals surface area contributed by atoms with Crippen LogP contribution in [0.25, 0.3) is 0 Å². The molecular weight excluding hydrogens is 289 g/mol. The van der Waals surface area contributed by atoms with Gasteiger partial charge in [0.1, 0.15) is 5.76 Å². The van der Waals surface area contributed by atoms with Crippen molar-refractivity contribution in [2.45, 2.75) is 13.0 Å². The molecule has 2 aromatic rings. The molecule has 2 N–H and O–H groups in total.